The van der Waals surface area contributed by atoms with Crippen molar-refractivity contribution in [1.29, 1.82) is 0 Å². The van der Waals surface area contributed by atoms with E-state index in [1.54, 1.807) is 0 Å². The van der Waals surface area contributed by atoms with Crippen LogP contribution in [0.5, 0.6) is 0 Å². The van der Waals surface area contributed by atoms with Crippen LogP contribution >= 0.6 is 15.9 Å². The normalized spacial score (nSPS) is 21.9. The molecule has 0 bridgehead atoms. The van der Waals surface area contributed by atoms with Gasteiger partial charge in [0.1, 0.15) is 0 Å². The standard InChI is InChI=1S/C20H24BrN3/c1-14-3-6-18-15(11-14)4-5-16-12-17(21)13-22-19(16)20(18)24-9-7-23(2)8-10-24/h3,6,11-13,20H,4-5,7-10H2,1-2H3. The smallest absolute Gasteiger partial charge is 0.0782 e. The zero-order chi connectivity index (χ0) is 16.7. The molecule has 1 aliphatic carbocycles. The molecule has 2 aliphatic rings. The van der Waals surface area contributed by atoms with Crippen LogP contribution in [-0.2, 0) is 12.8 Å². The molecule has 4 rings (SSSR count). The Balaban J connectivity index is 1.82. The van der Waals surface area contributed by atoms with Crippen LogP contribution in [0.1, 0.15) is 34.0 Å². The molecule has 0 amide bonds. The summed E-state index contributed by atoms with van der Waals surface area (Å²) in [5, 5.41) is 0. The number of hydrogen-bond acceptors (Lipinski definition) is 3. The first-order chi connectivity index (χ1) is 11.6. The van der Waals surface area contributed by atoms with Gasteiger partial charge in [0, 0.05) is 36.8 Å². The van der Waals surface area contributed by atoms with E-state index in [1.807, 2.05) is 6.20 Å². The zero-order valence-electron chi connectivity index (χ0n) is 14.4. The SMILES string of the molecule is Cc1ccc2c(c1)CCc1cc(Br)cnc1C2N1CCN(C)CC1. The Morgan fingerprint density at radius 2 is 1.79 bits per heavy atom. The lowest BCUT2D eigenvalue weighted by molar-refractivity contribution is 0.125. The van der Waals surface area contributed by atoms with E-state index in [0.717, 1.165) is 43.5 Å². The highest BCUT2D eigenvalue weighted by Crippen LogP contribution is 2.37. The summed E-state index contributed by atoms with van der Waals surface area (Å²) in [5.41, 5.74) is 6.95. The quantitative estimate of drug-likeness (QED) is 0.747. The molecule has 1 aromatic heterocycles. The van der Waals surface area contributed by atoms with Gasteiger partial charge in [-0.15, -0.1) is 0 Å². The number of fused-ring (bicyclic) bond motifs is 2. The summed E-state index contributed by atoms with van der Waals surface area (Å²) >= 11 is 3.60. The first kappa shape index (κ1) is 16.2. The molecule has 0 radical (unpaired) electrons. The number of benzene rings is 1. The lowest BCUT2D eigenvalue weighted by atomic mass is 9.95. The van der Waals surface area contributed by atoms with Crippen molar-refractivity contribution < 1.29 is 0 Å². The van der Waals surface area contributed by atoms with Gasteiger partial charge in [-0.1, -0.05) is 23.8 Å². The first-order valence-corrected chi connectivity index (χ1v) is 9.57. The fourth-order valence-corrected chi connectivity index (χ4v) is 4.40. The maximum absolute atomic E-state index is 4.87. The second kappa shape index (κ2) is 6.58. The van der Waals surface area contributed by atoms with Gasteiger partial charge in [-0.25, -0.2) is 0 Å². The van der Waals surface area contributed by atoms with Crippen LogP contribution in [0.15, 0.2) is 34.9 Å². The molecule has 1 aromatic carbocycles. The summed E-state index contributed by atoms with van der Waals surface area (Å²) in [4.78, 5) is 9.91. The number of aryl methyl sites for hydroxylation is 3. The monoisotopic (exact) mass is 385 g/mol. The summed E-state index contributed by atoms with van der Waals surface area (Å²) in [7, 11) is 2.21. The van der Waals surface area contributed by atoms with Gasteiger partial charge in [0.2, 0.25) is 0 Å². The molecule has 3 nitrogen and oxygen atoms in total. The van der Waals surface area contributed by atoms with Gasteiger partial charge in [-0.3, -0.25) is 9.88 Å². The fraction of sp³-hybridized carbons (Fsp3) is 0.450. The summed E-state index contributed by atoms with van der Waals surface area (Å²) in [6, 6.07) is 9.53. The van der Waals surface area contributed by atoms with E-state index in [0.29, 0.717) is 6.04 Å². The van der Waals surface area contributed by atoms with Crippen LogP contribution in [-0.4, -0.2) is 48.0 Å². The van der Waals surface area contributed by atoms with Gasteiger partial charge >= 0.3 is 0 Å². The van der Waals surface area contributed by atoms with Crippen LogP contribution in [0.2, 0.25) is 0 Å². The third kappa shape index (κ3) is 3.03. The largest absolute Gasteiger partial charge is 0.304 e. The van der Waals surface area contributed by atoms with Crippen molar-refractivity contribution >= 4 is 15.9 Å². The molecule has 4 heteroatoms. The number of halogens is 1. The predicted octanol–water partition coefficient (Wildman–Crippen LogP) is 3.59. The Hall–Kier alpha value is -1.23. The fourth-order valence-electron chi connectivity index (χ4n) is 4.02. The summed E-state index contributed by atoms with van der Waals surface area (Å²) in [5.74, 6) is 0. The molecule has 1 saturated heterocycles. The maximum Gasteiger partial charge on any atom is 0.0782 e. The molecule has 2 aromatic rings. The molecule has 0 saturated carbocycles. The van der Waals surface area contributed by atoms with Crippen molar-refractivity contribution in [3.05, 3.63) is 62.9 Å². The van der Waals surface area contributed by atoms with Crippen LogP contribution in [0, 0.1) is 6.92 Å². The maximum atomic E-state index is 4.87. The Labute approximate surface area is 152 Å². The number of likely N-dealkylation sites (N-methyl/N-ethyl adjacent to an activating group) is 1. The van der Waals surface area contributed by atoms with E-state index in [1.165, 1.54) is 27.9 Å². The van der Waals surface area contributed by atoms with Gasteiger partial charge in [-0.2, -0.15) is 0 Å². The molecular formula is C20H24BrN3. The van der Waals surface area contributed by atoms with E-state index in [-0.39, 0.29) is 0 Å². The van der Waals surface area contributed by atoms with E-state index < -0.39 is 0 Å². The van der Waals surface area contributed by atoms with E-state index in [4.69, 9.17) is 4.98 Å². The van der Waals surface area contributed by atoms with Crippen LogP contribution in [0.25, 0.3) is 0 Å². The molecular weight excluding hydrogens is 362 g/mol. The third-order valence-electron chi connectivity index (χ3n) is 5.39. The Kier molecular flexibility index (Phi) is 4.46. The first-order valence-electron chi connectivity index (χ1n) is 8.78. The van der Waals surface area contributed by atoms with Crippen LogP contribution in [0.3, 0.4) is 0 Å². The lowest BCUT2D eigenvalue weighted by Gasteiger charge is -2.38. The number of piperazine rings is 1. The number of hydrogen-bond donors (Lipinski definition) is 0. The average molecular weight is 386 g/mol. The molecule has 24 heavy (non-hydrogen) atoms. The number of nitrogens with zero attached hydrogens (tertiary/aromatic N) is 3. The minimum absolute atomic E-state index is 0.292. The molecule has 126 valence electrons. The van der Waals surface area contributed by atoms with Gasteiger partial charge in [0.15, 0.2) is 0 Å². The van der Waals surface area contributed by atoms with Crippen molar-refractivity contribution in [1.82, 2.24) is 14.8 Å². The van der Waals surface area contributed by atoms with Gasteiger partial charge in [0.25, 0.3) is 0 Å². The highest BCUT2D eigenvalue weighted by molar-refractivity contribution is 9.10. The minimum atomic E-state index is 0.292. The van der Waals surface area contributed by atoms with Crippen LogP contribution < -0.4 is 0 Å². The van der Waals surface area contributed by atoms with Crippen molar-refractivity contribution in [2.75, 3.05) is 33.2 Å². The molecule has 0 N–H and O–H groups in total. The van der Waals surface area contributed by atoms with Gasteiger partial charge in [-0.05, 0) is 65.5 Å². The molecule has 1 aliphatic heterocycles. The lowest BCUT2D eigenvalue weighted by Crippen LogP contribution is -2.46. The predicted molar refractivity (Wildman–Crippen MR) is 101 cm³/mol. The van der Waals surface area contributed by atoms with Crippen molar-refractivity contribution in [3.63, 3.8) is 0 Å². The second-order valence-electron chi connectivity index (χ2n) is 7.14. The molecule has 0 spiro atoms. The van der Waals surface area contributed by atoms with Gasteiger partial charge < -0.3 is 4.90 Å². The Morgan fingerprint density at radius 3 is 2.58 bits per heavy atom. The highest BCUT2D eigenvalue weighted by Gasteiger charge is 2.31. The Bertz CT molecular complexity index is 697. The van der Waals surface area contributed by atoms with E-state index in [9.17, 15) is 0 Å². The topological polar surface area (TPSA) is 19.4 Å². The minimum Gasteiger partial charge on any atom is -0.304 e. The summed E-state index contributed by atoms with van der Waals surface area (Å²) in [6.07, 6.45) is 4.13. The molecule has 1 fully saturated rings. The van der Waals surface area contributed by atoms with Crippen molar-refractivity contribution in [3.8, 4) is 0 Å². The van der Waals surface area contributed by atoms with E-state index in [2.05, 4.69) is 64.0 Å². The third-order valence-corrected chi connectivity index (χ3v) is 5.82. The van der Waals surface area contributed by atoms with Crippen LogP contribution in [0.4, 0.5) is 0 Å². The molecule has 2 heterocycles. The number of rotatable bonds is 1. The highest BCUT2D eigenvalue weighted by atomic mass is 79.9. The summed E-state index contributed by atoms with van der Waals surface area (Å²) < 4.78 is 1.08. The molecule has 1 unspecified atom stereocenters. The van der Waals surface area contributed by atoms with Crippen molar-refractivity contribution in [2.45, 2.75) is 25.8 Å². The second-order valence-corrected chi connectivity index (χ2v) is 8.06. The number of aromatic nitrogens is 1. The molecule has 1 atom stereocenters. The average Bonchev–Trinajstić information content (AvgIpc) is 2.72. The Morgan fingerprint density at radius 1 is 1.04 bits per heavy atom. The van der Waals surface area contributed by atoms with Gasteiger partial charge in [0.05, 0.1) is 11.7 Å². The summed E-state index contributed by atoms with van der Waals surface area (Å²) in [6.45, 7) is 6.66. The zero-order valence-corrected chi connectivity index (χ0v) is 16.0. The van der Waals surface area contributed by atoms with Crippen molar-refractivity contribution in [2.24, 2.45) is 0 Å². The number of pyridine rings is 1. The van der Waals surface area contributed by atoms with E-state index >= 15 is 0 Å².